The van der Waals surface area contributed by atoms with Gasteiger partial charge in [-0.05, 0) is 43.9 Å². The molecule has 1 aliphatic heterocycles. The van der Waals surface area contributed by atoms with E-state index in [0.29, 0.717) is 23.8 Å². The van der Waals surface area contributed by atoms with E-state index in [1.807, 2.05) is 32.0 Å². The fourth-order valence-corrected chi connectivity index (χ4v) is 6.14. The van der Waals surface area contributed by atoms with Crippen molar-refractivity contribution in [3.05, 3.63) is 76.2 Å². The van der Waals surface area contributed by atoms with Crippen LogP contribution in [0.2, 0.25) is 0 Å². The number of amides is 2. The number of aromatic nitrogens is 2. The lowest BCUT2D eigenvalue weighted by atomic mass is 9.87. The molecule has 2 amide bonds. The minimum atomic E-state index is -0.465. The average Bonchev–Trinajstić information content (AvgIpc) is 3.17. The zero-order valence-corrected chi connectivity index (χ0v) is 24.8. The van der Waals surface area contributed by atoms with E-state index in [0.717, 1.165) is 34.5 Å². The van der Waals surface area contributed by atoms with Crippen LogP contribution in [0, 0.1) is 25.6 Å². The number of benzene rings is 2. The van der Waals surface area contributed by atoms with Crippen LogP contribution in [0.1, 0.15) is 74.2 Å². The fraction of sp³-hybridized carbons (Fsp3) is 0.452. The quantitative estimate of drug-likeness (QED) is 0.377. The van der Waals surface area contributed by atoms with Crippen molar-refractivity contribution in [3.63, 3.8) is 0 Å². The van der Waals surface area contributed by atoms with E-state index in [1.165, 1.54) is 17.8 Å². The summed E-state index contributed by atoms with van der Waals surface area (Å²) in [6.07, 6.45) is 0.852. The molecule has 3 aromatic rings. The molecule has 6 nitrogen and oxygen atoms in total. The predicted molar refractivity (Wildman–Crippen MR) is 157 cm³/mol. The molecule has 39 heavy (non-hydrogen) atoms. The first-order valence-electron chi connectivity index (χ1n) is 13.5. The molecule has 8 heteroatoms. The Labute approximate surface area is 235 Å². The number of hydrogen-bond donors (Lipinski definition) is 1. The number of aryl methyl sites for hydroxylation is 2. The van der Waals surface area contributed by atoms with Gasteiger partial charge in [-0.2, -0.15) is 5.10 Å². The van der Waals surface area contributed by atoms with Crippen LogP contribution in [0.3, 0.4) is 0 Å². The molecule has 1 aliphatic rings. The molecule has 0 saturated carbocycles. The standard InChI is InChI=1S/C31H39FN4O2S/c1-19(2)14-15-33-25(37)17-35-26(38)18-39-28(22-10-8-9-11-23(22)32)27-29(31(5,6)7)34-36(30(27)35)24-13-12-20(3)16-21(24)4/h8-13,16,19,28H,14-15,17-18H2,1-7H3,(H,33,37). The Balaban J connectivity index is 1.96. The number of rotatable bonds is 7. The smallest absolute Gasteiger partial charge is 0.240 e. The minimum Gasteiger partial charge on any atom is -0.355 e. The largest absolute Gasteiger partial charge is 0.355 e. The number of nitrogens with one attached hydrogen (secondary N) is 1. The highest BCUT2D eigenvalue weighted by molar-refractivity contribution is 8.00. The molecule has 0 spiro atoms. The van der Waals surface area contributed by atoms with E-state index >= 15 is 4.39 Å². The van der Waals surface area contributed by atoms with Crippen molar-refractivity contribution in [1.29, 1.82) is 0 Å². The number of carbonyl (C=O) groups is 2. The molecular weight excluding hydrogens is 511 g/mol. The van der Waals surface area contributed by atoms with E-state index in [2.05, 4.69) is 46.0 Å². The third-order valence-electron chi connectivity index (χ3n) is 6.91. The van der Waals surface area contributed by atoms with Gasteiger partial charge in [-0.1, -0.05) is 70.5 Å². The minimum absolute atomic E-state index is 0.115. The van der Waals surface area contributed by atoms with Gasteiger partial charge < -0.3 is 5.32 Å². The van der Waals surface area contributed by atoms with Gasteiger partial charge in [-0.15, -0.1) is 11.8 Å². The highest BCUT2D eigenvalue weighted by atomic mass is 32.2. The Bertz CT molecular complexity index is 1380. The summed E-state index contributed by atoms with van der Waals surface area (Å²) in [6.45, 7) is 14.9. The number of fused-ring (bicyclic) bond motifs is 1. The van der Waals surface area contributed by atoms with Crippen LogP contribution in [0.15, 0.2) is 42.5 Å². The molecule has 1 unspecified atom stereocenters. The Morgan fingerprint density at radius 3 is 2.54 bits per heavy atom. The molecule has 208 valence electrons. The lowest BCUT2D eigenvalue weighted by molar-refractivity contribution is -0.122. The predicted octanol–water partition coefficient (Wildman–Crippen LogP) is 6.26. The van der Waals surface area contributed by atoms with Crippen molar-refractivity contribution in [2.24, 2.45) is 5.92 Å². The van der Waals surface area contributed by atoms with Gasteiger partial charge in [0.2, 0.25) is 11.8 Å². The molecule has 0 radical (unpaired) electrons. The Morgan fingerprint density at radius 1 is 1.18 bits per heavy atom. The van der Waals surface area contributed by atoms with Gasteiger partial charge in [-0.25, -0.2) is 9.07 Å². The summed E-state index contributed by atoms with van der Waals surface area (Å²) < 4.78 is 17.1. The fourth-order valence-electron chi connectivity index (χ4n) is 4.92. The van der Waals surface area contributed by atoms with Crippen molar-refractivity contribution in [3.8, 4) is 5.69 Å². The van der Waals surface area contributed by atoms with Gasteiger partial charge >= 0.3 is 0 Å². The summed E-state index contributed by atoms with van der Waals surface area (Å²) >= 11 is 1.38. The summed E-state index contributed by atoms with van der Waals surface area (Å²) in [5, 5.41) is 7.61. The molecule has 2 heterocycles. The van der Waals surface area contributed by atoms with E-state index in [4.69, 9.17) is 5.10 Å². The van der Waals surface area contributed by atoms with E-state index < -0.39 is 10.7 Å². The summed E-state index contributed by atoms with van der Waals surface area (Å²) in [5.41, 5.74) is 4.58. The number of hydrogen-bond acceptors (Lipinski definition) is 4. The van der Waals surface area contributed by atoms with Gasteiger partial charge in [0.05, 0.1) is 22.4 Å². The van der Waals surface area contributed by atoms with Gasteiger partial charge in [0.15, 0.2) is 0 Å². The Morgan fingerprint density at radius 2 is 1.90 bits per heavy atom. The average molecular weight is 551 g/mol. The van der Waals surface area contributed by atoms with Crippen LogP contribution in [0.4, 0.5) is 10.2 Å². The maximum Gasteiger partial charge on any atom is 0.240 e. The van der Waals surface area contributed by atoms with Crippen LogP contribution >= 0.6 is 11.8 Å². The highest BCUT2D eigenvalue weighted by Gasteiger charge is 2.40. The number of thioether (sulfide) groups is 1. The molecule has 4 rings (SSSR count). The van der Waals surface area contributed by atoms with Crippen LogP contribution in [0.25, 0.3) is 5.69 Å². The molecule has 1 aromatic heterocycles. The maximum absolute atomic E-state index is 15.3. The SMILES string of the molecule is Cc1ccc(-n2nc(C(C)(C)C)c3c2N(CC(=O)NCCC(C)C)C(=O)CSC3c2ccccc2F)c(C)c1. The van der Waals surface area contributed by atoms with Crippen molar-refractivity contribution in [2.75, 3.05) is 23.7 Å². The first-order valence-corrected chi connectivity index (χ1v) is 14.6. The topological polar surface area (TPSA) is 67.2 Å². The first-order chi connectivity index (χ1) is 18.4. The van der Waals surface area contributed by atoms with Crippen LogP contribution in [-0.4, -0.2) is 40.4 Å². The van der Waals surface area contributed by atoms with E-state index in [-0.39, 0.29) is 29.9 Å². The molecule has 0 saturated heterocycles. The van der Waals surface area contributed by atoms with Gasteiger partial charge in [0.1, 0.15) is 18.2 Å². The number of carbonyl (C=O) groups excluding carboxylic acids is 2. The maximum atomic E-state index is 15.3. The normalized spacial score (nSPS) is 15.9. The van der Waals surface area contributed by atoms with Crippen molar-refractivity contribution in [1.82, 2.24) is 15.1 Å². The third-order valence-corrected chi connectivity index (χ3v) is 8.15. The summed E-state index contributed by atoms with van der Waals surface area (Å²) in [6, 6.07) is 12.8. The number of nitrogens with zero attached hydrogens (tertiary/aromatic N) is 3. The second kappa shape index (κ2) is 11.5. The van der Waals surface area contributed by atoms with Gasteiger partial charge in [0, 0.05) is 23.1 Å². The Hall–Kier alpha value is -3.13. The van der Waals surface area contributed by atoms with Crippen LogP contribution < -0.4 is 10.2 Å². The summed E-state index contributed by atoms with van der Waals surface area (Å²) in [7, 11) is 0. The lowest BCUT2D eigenvalue weighted by Gasteiger charge is -2.25. The number of halogens is 1. The molecule has 0 fully saturated rings. The molecule has 0 aliphatic carbocycles. The van der Waals surface area contributed by atoms with E-state index in [9.17, 15) is 9.59 Å². The third kappa shape index (κ3) is 6.21. The second-order valence-electron chi connectivity index (χ2n) is 11.8. The van der Waals surface area contributed by atoms with Crippen molar-refractivity contribution >= 4 is 29.4 Å². The van der Waals surface area contributed by atoms with Gasteiger partial charge in [0.25, 0.3) is 0 Å². The summed E-state index contributed by atoms with van der Waals surface area (Å²) in [5.74, 6) is 0.348. The molecule has 0 bridgehead atoms. The molecule has 1 atom stereocenters. The first kappa shape index (κ1) is 28.9. The van der Waals surface area contributed by atoms with Gasteiger partial charge in [-0.3, -0.25) is 14.5 Å². The molecular formula is C31H39FN4O2S. The second-order valence-corrected chi connectivity index (χ2v) is 12.9. The van der Waals surface area contributed by atoms with E-state index in [1.54, 1.807) is 21.7 Å². The summed E-state index contributed by atoms with van der Waals surface area (Å²) in [4.78, 5) is 28.4. The number of anilines is 1. The van der Waals surface area contributed by atoms with Crippen LogP contribution in [-0.2, 0) is 15.0 Å². The zero-order valence-electron chi connectivity index (χ0n) is 24.0. The van der Waals surface area contributed by atoms with Crippen molar-refractivity contribution < 1.29 is 14.0 Å². The molecule has 2 aromatic carbocycles. The molecule has 1 N–H and O–H groups in total. The van der Waals surface area contributed by atoms with Crippen molar-refractivity contribution in [2.45, 2.75) is 65.6 Å². The highest BCUT2D eigenvalue weighted by Crippen LogP contribution is 2.49. The van der Waals surface area contributed by atoms with Crippen LogP contribution in [0.5, 0.6) is 0 Å². The zero-order chi connectivity index (χ0) is 28.5. The monoisotopic (exact) mass is 550 g/mol. The lowest BCUT2D eigenvalue weighted by Crippen LogP contribution is -2.42. The Kier molecular flexibility index (Phi) is 8.54.